The normalized spacial score (nSPS) is 11.7. The maximum absolute atomic E-state index is 4.22. The first kappa shape index (κ1) is 33.7. The summed E-state index contributed by atoms with van der Waals surface area (Å²) in [5, 5.41) is 0. The summed E-state index contributed by atoms with van der Waals surface area (Å²) >= 11 is 0. The summed E-state index contributed by atoms with van der Waals surface area (Å²) < 4.78 is 0. The minimum atomic E-state index is 1.08. The molecule has 0 spiro atoms. The quantitative estimate of drug-likeness (QED) is 0.0815. The molecule has 0 aromatic carbocycles. The van der Waals surface area contributed by atoms with Crippen LogP contribution in [0.5, 0.6) is 0 Å². The van der Waals surface area contributed by atoms with Gasteiger partial charge in [0.1, 0.15) is 0 Å². The van der Waals surface area contributed by atoms with Gasteiger partial charge < -0.3 is 4.90 Å². The molecule has 0 radical (unpaired) electrons. The molecule has 0 aliphatic rings. The highest BCUT2D eigenvalue weighted by molar-refractivity contribution is 4.92. The first-order valence-electron chi connectivity index (χ1n) is 15.7. The molecule has 0 amide bonds. The Kier molecular flexibility index (Phi) is 27.0. The number of unbranched alkanes of at least 4 members (excludes halogenated alkanes) is 17. The predicted molar refractivity (Wildman–Crippen MR) is 157 cm³/mol. The van der Waals surface area contributed by atoms with Gasteiger partial charge in [0.25, 0.3) is 0 Å². The van der Waals surface area contributed by atoms with Crippen LogP contribution in [0.1, 0.15) is 156 Å². The van der Waals surface area contributed by atoms with Gasteiger partial charge >= 0.3 is 0 Å². The van der Waals surface area contributed by atoms with Crippen LogP contribution in [0.2, 0.25) is 0 Å². The van der Waals surface area contributed by atoms with Crippen molar-refractivity contribution in [3.63, 3.8) is 0 Å². The van der Waals surface area contributed by atoms with Gasteiger partial charge in [-0.15, -0.1) is 0 Å². The van der Waals surface area contributed by atoms with Crippen molar-refractivity contribution in [3.8, 4) is 0 Å². The van der Waals surface area contributed by atoms with Crippen molar-refractivity contribution >= 4 is 0 Å². The fraction of sp³-hybridized carbons (Fsp3) is 0.938. The first-order valence-corrected chi connectivity index (χ1v) is 15.7. The minimum absolute atomic E-state index is 1.08. The van der Waals surface area contributed by atoms with Crippen LogP contribution in [0.25, 0.3) is 0 Å². The van der Waals surface area contributed by atoms with Gasteiger partial charge in [0, 0.05) is 19.6 Å². The molecule has 0 aromatic heterocycles. The zero-order valence-corrected chi connectivity index (χ0v) is 24.5. The first-order chi connectivity index (χ1) is 16.6. The van der Waals surface area contributed by atoms with E-state index in [9.17, 15) is 0 Å². The molecule has 0 atom stereocenters. The average molecular weight is 479 g/mol. The van der Waals surface area contributed by atoms with Crippen LogP contribution in [-0.2, 0) is 0 Å². The highest BCUT2D eigenvalue weighted by Crippen LogP contribution is 2.11. The molecule has 0 aromatic rings. The highest BCUT2D eigenvalue weighted by Gasteiger charge is 2.10. The van der Waals surface area contributed by atoms with Crippen LogP contribution in [0.3, 0.4) is 0 Å². The molecule has 0 unspecified atom stereocenters. The van der Waals surface area contributed by atoms with Crippen LogP contribution in [0.15, 0.2) is 12.2 Å². The fourth-order valence-corrected chi connectivity index (χ4v) is 4.97. The van der Waals surface area contributed by atoms with Gasteiger partial charge in [-0.25, -0.2) is 0 Å². The Morgan fingerprint density at radius 2 is 0.706 bits per heavy atom. The maximum atomic E-state index is 4.22. The molecule has 0 saturated carbocycles. The van der Waals surface area contributed by atoms with Gasteiger partial charge in [-0.05, 0) is 45.8 Å². The molecule has 0 bridgehead atoms. The van der Waals surface area contributed by atoms with Crippen LogP contribution >= 0.6 is 0 Å². The van der Waals surface area contributed by atoms with E-state index in [4.69, 9.17) is 0 Å². The smallest absolute Gasteiger partial charge is 0.0187 e. The second kappa shape index (κ2) is 27.3. The summed E-state index contributed by atoms with van der Waals surface area (Å²) in [6, 6.07) is 0. The fourth-order valence-electron chi connectivity index (χ4n) is 4.97. The molecule has 0 rings (SSSR count). The summed E-state index contributed by atoms with van der Waals surface area (Å²) in [7, 11) is 0. The van der Waals surface area contributed by atoms with Crippen molar-refractivity contribution in [2.24, 2.45) is 0 Å². The summed E-state index contributed by atoms with van der Waals surface area (Å²) in [6.45, 7) is 20.8. The third kappa shape index (κ3) is 24.8. The number of hydrogen-bond acceptors (Lipinski definition) is 2. The molecule has 2 nitrogen and oxygen atoms in total. The molecular weight excluding hydrogens is 412 g/mol. The van der Waals surface area contributed by atoms with Gasteiger partial charge in [0.2, 0.25) is 0 Å². The third-order valence-electron chi connectivity index (χ3n) is 7.21. The van der Waals surface area contributed by atoms with E-state index in [-0.39, 0.29) is 0 Å². The maximum Gasteiger partial charge on any atom is 0.0187 e. The zero-order valence-electron chi connectivity index (χ0n) is 24.5. The monoisotopic (exact) mass is 479 g/mol. The van der Waals surface area contributed by atoms with Gasteiger partial charge in [-0.2, -0.15) is 0 Å². The van der Waals surface area contributed by atoms with Gasteiger partial charge in [-0.1, -0.05) is 142 Å². The van der Waals surface area contributed by atoms with Crippen molar-refractivity contribution in [2.75, 3.05) is 39.3 Å². The van der Waals surface area contributed by atoms with E-state index in [0.29, 0.717) is 0 Å². The Balaban J connectivity index is 4.36. The van der Waals surface area contributed by atoms with E-state index in [1.165, 1.54) is 167 Å². The number of hydrogen-bond donors (Lipinski definition) is 0. The zero-order chi connectivity index (χ0) is 25.1. The van der Waals surface area contributed by atoms with E-state index < -0.39 is 0 Å². The van der Waals surface area contributed by atoms with Crippen LogP contribution in [0.4, 0.5) is 0 Å². The minimum Gasteiger partial charge on any atom is -0.302 e. The van der Waals surface area contributed by atoms with E-state index in [1.807, 2.05) is 0 Å². The second-order valence-electron chi connectivity index (χ2n) is 11.1. The van der Waals surface area contributed by atoms with Crippen molar-refractivity contribution in [3.05, 3.63) is 12.2 Å². The van der Waals surface area contributed by atoms with Crippen molar-refractivity contribution in [2.45, 2.75) is 156 Å². The topological polar surface area (TPSA) is 6.48 Å². The molecule has 204 valence electrons. The molecule has 0 N–H and O–H groups in total. The summed E-state index contributed by atoms with van der Waals surface area (Å²) in [5.74, 6) is 0. The SMILES string of the molecule is C=C(C)CN(CCCCCCCCC)CCN(CCCCCCCC)CCCCCCCCC. The number of rotatable bonds is 28. The molecule has 0 aliphatic carbocycles. The molecule has 2 heteroatoms. The lowest BCUT2D eigenvalue weighted by Gasteiger charge is -2.28. The summed E-state index contributed by atoms with van der Waals surface area (Å²) in [5.41, 5.74) is 1.32. The standard InChI is InChI=1S/C32H66N2/c1-6-9-12-15-18-21-24-27-33(26-23-20-17-14-11-8-3)29-30-34(31-32(4)5)28-25-22-19-16-13-10-7-2/h4,6-31H2,1-3,5H3. The van der Waals surface area contributed by atoms with Crippen LogP contribution in [0, 0.1) is 0 Å². The van der Waals surface area contributed by atoms with Crippen molar-refractivity contribution in [1.82, 2.24) is 9.80 Å². The van der Waals surface area contributed by atoms with E-state index in [0.717, 1.165) is 6.54 Å². The lowest BCUT2D eigenvalue weighted by atomic mass is 10.1. The Labute approximate surface area is 217 Å². The van der Waals surface area contributed by atoms with Gasteiger partial charge in [-0.3, -0.25) is 4.90 Å². The lowest BCUT2D eigenvalue weighted by molar-refractivity contribution is 0.203. The molecule has 0 fully saturated rings. The number of nitrogens with zero attached hydrogens (tertiary/aromatic N) is 2. The second-order valence-corrected chi connectivity index (χ2v) is 11.1. The highest BCUT2D eigenvalue weighted by atomic mass is 15.2. The Hall–Kier alpha value is -0.340. The summed E-state index contributed by atoms with van der Waals surface area (Å²) in [4.78, 5) is 5.48. The van der Waals surface area contributed by atoms with Crippen LogP contribution < -0.4 is 0 Å². The Morgan fingerprint density at radius 1 is 0.412 bits per heavy atom. The largest absolute Gasteiger partial charge is 0.302 e. The Bertz CT molecular complexity index is 406. The summed E-state index contributed by atoms with van der Waals surface area (Å²) in [6.07, 6.45) is 28.1. The van der Waals surface area contributed by atoms with Crippen LogP contribution in [-0.4, -0.2) is 49.1 Å². The van der Waals surface area contributed by atoms with E-state index >= 15 is 0 Å². The predicted octanol–water partition coefficient (Wildman–Crippen LogP) is 10.0. The molecule has 0 aliphatic heterocycles. The van der Waals surface area contributed by atoms with E-state index in [1.54, 1.807) is 0 Å². The van der Waals surface area contributed by atoms with Crippen molar-refractivity contribution < 1.29 is 0 Å². The molecular formula is C32H66N2. The third-order valence-corrected chi connectivity index (χ3v) is 7.21. The average Bonchev–Trinajstić information content (AvgIpc) is 2.82. The molecule has 0 saturated heterocycles. The molecule has 34 heavy (non-hydrogen) atoms. The van der Waals surface area contributed by atoms with E-state index in [2.05, 4.69) is 44.1 Å². The molecule has 0 heterocycles. The van der Waals surface area contributed by atoms with Gasteiger partial charge in [0.05, 0.1) is 0 Å². The Morgan fingerprint density at radius 3 is 1.06 bits per heavy atom. The van der Waals surface area contributed by atoms with Gasteiger partial charge in [0.15, 0.2) is 0 Å². The lowest BCUT2D eigenvalue weighted by Crippen LogP contribution is -2.37. The van der Waals surface area contributed by atoms with Crippen molar-refractivity contribution in [1.29, 1.82) is 0 Å².